The van der Waals surface area contributed by atoms with E-state index in [-0.39, 0.29) is 24.0 Å². The Balaban J connectivity index is 0.00000385. The highest BCUT2D eigenvalue weighted by atomic mass is 127. The number of benzene rings is 1. The molecule has 2 heterocycles. The molecule has 1 aliphatic heterocycles. The smallest absolute Gasteiger partial charge is 0.191 e. The number of rotatable bonds is 10. The van der Waals surface area contributed by atoms with E-state index in [1.807, 2.05) is 19.2 Å². The average Bonchev–Trinajstić information content (AvgIpc) is 3.26. The van der Waals surface area contributed by atoms with Crippen molar-refractivity contribution in [3.8, 4) is 5.75 Å². The van der Waals surface area contributed by atoms with E-state index in [0.29, 0.717) is 6.54 Å². The number of aryl methyl sites for hydroxylation is 2. The SMILES string of the molecule is CCc1noc(CC)c1CNC(=NC)NCCCN1CCN(c2ccc(OC)cc2)CC1.I. The van der Waals surface area contributed by atoms with Crippen LogP contribution in [0.15, 0.2) is 33.8 Å². The molecule has 1 aromatic heterocycles. The predicted molar refractivity (Wildman–Crippen MR) is 145 cm³/mol. The van der Waals surface area contributed by atoms with Gasteiger partial charge in [-0.15, -0.1) is 24.0 Å². The van der Waals surface area contributed by atoms with Crippen LogP contribution in [-0.2, 0) is 19.4 Å². The molecule has 0 aliphatic carbocycles. The van der Waals surface area contributed by atoms with E-state index in [0.717, 1.165) is 87.3 Å². The lowest BCUT2D eigenvalue weighted by atomic mass is 10.1. The maximum Gasteiger partial charge on any atom is 0.191 e. The Morgan fingerprint density at radius 1 is 1.09 bits per heavy atom. The van der Waals surface area contributed by atoms with Gasteiger partial charge in [-0.2, -0.15) is 0 Å². The first-order valence-corrected chi connectivity index (χ1v) is 11.7. The first-order valence-electron chi connectivity index (χ1n) is 11.7. The summed E-state index contributed by atoms with van der Waals surface area (Å²) in [6, 6.07) is 8.35. The van der Waals surface area contributed by atoms with Gasteiger partial charge in [0.05, 0.1) is 12.8 Å². The summed E-state index contributed by atoms with van der Waals surface area (Å²) in [4.78, 5) is 9.33. The van der Waals surface area contributed by atoms with Crippen LogP contribution >= 0.6 is 24.0 Å². The largest absolute Gasteiger partial charge is 0.497 e. The lowest BCUT2D eigenvalue weighted by molar-refractivity contribution is 0.255. The van der Waals surface area contributed by atoms with Crippen molar-refractivity contribution in [1.29, 1.82) is 0 Å². The molecule has 0 radical (unpaired) electrons. The van der Waals surface area contributed by atoms with Crippen molar-refractivity contribution in [2.45, 2.75) is 39.7 Å². The van der Waals surface area contributed by atoms with Crippen molar-refractivity contribution in [2.24, 2.45) is 4.99 Å². The van der Waals surface area contributed by atoms with Gasteiger partial charge in [-0.1, -0.05) is 19.0 Å². The molecule has 2 aromatic rings. The van der Waals surface area contributed by atoms with Gasteiger partial charge in [-0.05, 0) is 43.7 Å². The molecule has 0 saturated carbocycles. The Bertz CT molecular complexity index is 826. The van der Waals surface area contributed by atoms with Crippen LogP contribution in [-0.4, -0.2) is 69.4 Å². The van der Waals surface area contributed by atoms with E-state index in [9.17, 15) is 0 Å². The normalized spacial score (nSPS) is 14.7. The van der Waals surface area contributed by atoms with E-state index < -0.39 is 0 Å². The van der Waals surface area contributed by atoms with Crippen molar-refractivity contribution in [2.75, 3.05) is 58.3 Å². The lowest BCUT2D eigenvalue weighted by Crippen LogP contribution is -2.47. The fourth-order valence-electron chi connectivity index (χ4n) is 4.06. The number of anilines is 1. The summed E-state index contributed by atoms with van der Waals surface area (Å²) in [5.41, 5.74) is 3.46. The molecule has 0 unspecified atom stereocenters. The van der Waals surface area contributed by atoms with Crippen molar-refractivity contribution < 1.29 is 9.26 Å². The topological polar surface area (TPSA) is 78.2 Å². The second kappa shape index (κ2) is 14.3. The molecule has 9 heteroatoms. The maximum absolute atomic E-state index is 5.45. The van der Waals surface area contributed by atoms with Crippen molar-refractivity contribution in [3.63, 3.8) is 0 Å². The molecular formula is C24H39IN6O2. The molecule has 2 N–H and O–H groups in total. The standard InChI is InChI=1S/C24H38N6O2.HI/c1-5-22-21(23(6-2)32-28-22)18-27-24(25-3)26-12-7-13-29-14-16-30(17-15-29)19-8-10-20(31-4)11-9-19;/h8-11H,5-7,12-18H2,1-4H3,(H2,25,26,27);1H. The van der Waals surface area contributed by atoms with Gasteiger partial charge in [0.1, 0.15) is 11.5 Å². The Hall–Kier alpha value is -2.01. The third kappa shape index (κ3) is 7.77. The summed E-state index contributed by atoms with van der Waals surface area (Å²) in [6.07, 6.45) is 2.80. The van der Waals surface area contributed by atoms with Gasteiger partial charge in [0, 0.05) is 64.0 Å². The summed E-state index contributed by atoms with van der Waals surface area (Å²) >= 11 is 0. The molecule has 1 saturated heterocycles. The Kier molecular flexibility index (Phi) is 11.8. The molecule has 1 aromatic carbocycles. The molecule has 0 amide bonds. The van der Waals surface area contributed by atoms with Crippen LogP contribution < -0.4 is 20.3 Å². The fraction of sp³-hybridized carbons (Fsp3) is 0.583. The summed E-state index contributed by atoms with van der Waals surface area (Å²) in [5, 5.41) is 11.0. The summed E-state index contributed by atoms with van der Waals surface area (Å²) in [7, 11) is 3.51. The Labute approximate surface area is 215 Å². The van der Waals surface area contributed by atoms with Crippen molar-refractivity contribution >= 4 is 35.6 Å². The zero-order valence-electron chi connectivity index (χ0n) is 20.4. The van der Waals surface area contributed by atoms with Gasteiger partial charge >= 0.3 is 0 Å². The molecule has 8 nitrogen and oxygen atoms in total. The predicted octanol–water partition coefficient (Wildman–Crippen LogP) is 3.30. The van der Waals surface area contributed by atoms with Gasteiger partial charge in [0.25, 0.3) is 0 Å². The molecule has 184 valence electrons. The number of nitrogens with one attached hydrogen (secondary N) is 2. The molecule has 3 rings (SSSR count). The number of hydrogen-bond acceptors (Lipinski definition) is 6. The van der Waals surface area contributed by atoms with E-state index in [1.165, 1.54) is 5.69 Å². The molecule has 1 aliphatic rings. The summed E-state index contributed by atoms with van der Waals surface area (Å²) in [5.74, 6) is 2.68. The van der Waals surface area contributed by atoms with Gasteiger partial charge in [-0.25, -0.2) is 0 Å². The molecular weight excluding hydrogens is 531 g/mol. The number of halogens is 1. The van der Waals surface area contributed by atoms with Gasteiger partial charge < -0.3 is 24.8 Å². The monoisotopic (exact) mass is 570 g/mol. The minimum Gasteiger partial charge on any atom is -0.497 e. The van der Waals surface area contributed by atoms with Gasteiger partial charge in [0.15, 0.2) is 5.96 Å². The third-order valence-electron chi connectivity index (χ3n) is 6.02. The third-order valence-corrected chi connectivity index (χ3v) is 6.02. The molecule has 0 bridgehead atoms. The highest BCUT2D eigenvalue weighted by molar-refractivity contribution is 14.0. The first-order chi connectivity index (χ1) is 15.7. The minimum atomic E-state index is 0. The average molecular weight is 571 g/mol. The van der Waals surface area contributed by atoms with E-state index in [2.05, 4.69) is 56.6 Å². The molecule has 0 spiro atoms. The minimum absolute atomic E-state index is 0. The van der Waals surface area contributed by atoms with Crippen LogP contribution in [0.5, 0.6) is 5.75 Å². The van der Waals surface area contributed by atoms with Gasteiger partial charge in [-0.3, -0.25) is 9.89 Å². The number of nitrogens with zero attached hydrogens (tertiary/aromatic N) is 4. The highest BCUT2D eigenvalue weighted by Crippen LogP contribution is 2.20. The van der Waals surface area contributed by atoms with Crippen LogP contribution in [0.2, 0.25) is 0 Å². The quantitative estimate of drug-likeness (QED) is 0.197. The second-order valence-electron chi connectivity index (χ2n) is 7.97. The van der Waals surface area contributed by atoms with E-state index in [4.69, 9.17) is 9.26 Å². The number of hydrogen-bond donors (Lipinski definition) is 2. The number of guanidine groups is 1. The van der Waals surface area contributed by atoms with Crippen LogP contribution in [0, 0.1) is 0 Å². The van der Waals surface area contributed by atoms with Crippen LogP contribution in [0.25, 0.3) is 0 Å². The van der Waals surface area contributed by atoms with Crippen LogP contribution in [0.1, 0.15) is 37.3 Å². The molecule has 33 heavy (non-hydrogen) atoms. The number of methoxy groups -OCH3 is 1. The Morgan fingerprint density at radius 2 is 1.82 bits per heavy atom. The van der Waals surface area contributed by atoms with E-state index in [1.54, 1.807) is 7.11 Å². The lowest BCUT2D eigenvalue weighted by Gasteiger charge is -2.36. The number of ether oxygens (including phenoxy) is 1. The molecule has 1 fully saturated rings. The Morgan fingerprint density at radius 3 is 2.42 bits per heavy atom. The number of aliphatic imine (C=N–C) groups is 1. The number of aromatic nitrogens is 1. The van der Waals surface area contributed by atoms with Crippen molar-refractivity contribution in [1.82, 2.24) is 20.7 Å². The zero-order valence-corrected chi connectivity index (χ0v) is 22.7. The van der Waals surface area contributed by atoms with Crippen LogP contribution in [0.4, 0.5) is 5.69 Å². The number of piperazine rings is 1. The molecule has 0 atom stereocenters. The zero-order chi connectivity index (χ0) is 22.8. The van der Waals surface area contributed by atoms with E-state index >= 15 is 0 Å². The summed E-state index contributed by atoms with van der Waals surface area (Å²) in [6.45, 7) is 11.1. The summed E-state index contributed by atoms with van der Waals surface area (Å²) < 4.78 is 10.7. The van der Waals surface area contributed by atoms with Gasteiger partial charge in [0.2, 0.25) is 0 Å². The maximum atomic E-state index is 5.45. The fourth-order valence-corrected chi connectivity index (χ4v) is 4.06. The van der Waals surface area contributed by atoms with Crippen molar-refractivity contribution in [3.05, 3.63) is 41.3 Å². The highest BCUT2D eigenvalue weighted by Gasteiger charge is 2.17. The second-order valence-corrected chi connectivity index (χ2v) is 7.97. The first kappa shape index (κ1) is 27.2. The van der Waals surface area contributed by atoms with Crippen LogP contribution in [0.3, 0.4) is 0 Å².